The molecule has 0 aliphatic carbocycles. The van der Waals surface area contributed by atoms with E-state index in [1.807, 2.05) is 54.2 Å². The second kappa shape index (κ2) is 11.5. The first kappa shape index (κ1) is 24.3. The molecule has 5 rings (SSSR count). The van der Waals surface area contributed by atoms with Crippen LogP contribution in [0.3, 0.4) is 0 Å². The van der Waals surface area contributed by atoms with Gasteiger partial charge in [0.15, 0.2) is 0 Å². The third-order valence-electron chi connectivity index (χ3n) is 6.38. The van der Waals surface area contributed by atoms with Gasteiger partial charge in [0, 0.05) is 28.4 Å². The highest BCUT2D eigenvalue weighted by Gasteiger charge is 2.27. The minimum atomic E-state index is -0.0634. The van der Waals surface area contributed by atoms with Crippen LogP contribution in [-0.4, -0.2) is 34.0 Å². The Bertz CT molecular complexity index is 1270. The Morgan fingerprint density at radius 3 is 2.61 bits per heavy atom. The van der Waals surface area contributed by atoms with Crippen molar-refractivity contribution in [2.45, 2.75) is 37.0 Å². The molecule has 184 valence electrons. The number of anilines is 1. The Kier molecular flexibility index (Phi) is 7.79. The molecule has 0 spiro atoms. The largest absolute Gasteiger partial charge is 0.338 e. The summed E-state index contributed by atoms with van der Waals surface area (Å²) in [5.74, 6) is 2.08. The Hall–Kier alpha value is -3.42. The van der Waals surface area contributed by atoms with E-state index in [-0.39, 0.29) is 11.8 Å². The van der Waals surface area contributed by atoms with Crippen molar-refractivity contribution in [2.24, 2.45) is 5.92 Å². The van der Waals surface area contributed by atoms with Crippen molar-refractivity contribution in [1.82, 2.24) is 15.0 Å². The van der Waals surface area contributed by atoms with Gasteiger partial charge in [-0.2, -0.15) is 4.98 Å². The van der Waals surface area contributed by atoms with Gasteiger partial charge in [-0.1, -0.05) is 65.3 Å². The van der Waals surface area contributed by atoms with Crippen molar-refractivity contribution in [3.8, 4) is 11.4 Å². The number of nitrogens with zero attached hydrogens (tertiary/aromatic N) is 3. The summed E-state index contributed by atoms with van der Waals surface area (Å²) in [5, 5.41) is 7.24. The van der Waals surface area contributed by atoms with E-state index >= 15 is 0 Å². The van der Waals surface area contributed by atoms with Gasteiger partial charge in [-0.15, -0.1) is 11.8 Å². The molecule has 1 N–H and O–H groups in total. The van der Waals surface area contributed by atoms with Crippen LogP contribution in [0.2, 0.25) is 0 Å². The summed E-state index contributed by atoms with van der Waals surface area (Å²) in [6.07, 6.45) is 1.85. The molecule has 0 bridgehead atoms. The van der Waals surface area contributed by atoms with E-state index < -0.39 is 0 Å². The van der Waals surface area contributed by atoms with Gasteiger partial charge in [-0.25, -0.2) is 0 Å². The third-order valence-corrected chi connectivity index (χ3v) is 7.47. The standard InChI is InChI=1S/C29H30N4O2S/c1-21-9-13-23(14-10-21)28-31-27(35-32-28)19-33-17-5-6-24(18-33)29(34)30-25-15-11-22(12-16-25)20-36-26-7-3-2-4-8-26/h2-4,7-16,24H,5-6,17-20H2,1H3,(H,30,34). The molecule has 1 aromatic heterocycles. The molecule has 6 nitrogen and oxygen atoms in total. The maximum absolute atomic E-state index is 13.0. The van der Waals surface area contributed by atoms with Crippen LogP contribution in [-0.2, 0) is 17.1 Å². The molecular formula is C29H30N4O2S. The molecule has 3 aromatic carbocycles. The van der Waals surface area contributed by atoms with E-state index in [0.29, 0.717) is 24.8 Å². The zero-order valence-electron chi connectivity index (χ0n) is 20.4. The Morgan fingerprint density at radius 1 is 1.06 bits per heavy atom. The Labute approximate surface area is 216 Å². The van der Waals surface area contributed by atoms with Crippen LogP contribution in [0.25, 0.3) is 11.4 Å². The third kappa shape index (κ3) is 6.42. The highest BCUT2D eigenvalue weighted by molar-refractivity contribution is 7.98. The monoisotopic (exact) mass is 498 g/mol. The van der Waals surface area contributed by atoms with Crippen molar-refractivity contribution in [1.29, 1.82) is 0 Å². The predicted molar refractivity (Wildman–Crippen MR) is 144 cm³/mol. The molecule has 1 unspecified atom stereocenters. The molecule has 7 heteroatoms. The van der Waals surface area contributed by atoms with Gasteiger partial charge in [-0.05, 0) is 56.1 Å². The lowest BCUT2D eigenvalue weighted by Gasteiger charge is -2.30. The van der Waals surface area contributed by atoms with Gasteiger partial charge in [0.2, 0.25) is 17.6 Å². The van der Waals surface area contributed by atoms with Gasteiger partial charge in [0.05, 0.1) is 12.5 Å². The van der Waals surface area contributed by atoms with Gasteiger partial charge < -0.3 is 9.84 Å². The molecule has 36 heavy (non-hydrogen) atoms. The molecule has 1 fully saturated rings. The zero-order valence-corrected chi connectivity index (χ0v) is 21.2. The molecule has 4 aromatic rings. The highest BCUT2D eigenvalue weighted by atomic mass is 32.2. The second-order valence-corrected chi connectivity index (χ2v) is 10.3. The summed E-state index contributed by atoms with van der Waals surface area (Å²) < 4.78 is 5.50. The fourth-order valence-corrected chi connectivity index (χ4v) is 5.23. The van der Waals surface area contributed by atoms with Crippen molar-refractivity contribution in [3.05, 3.63) is 95.9 Å². The number of benzene rings is 3. The Morgan fingerprint density at radius 2 is 1.83 bits per heavy atom. The number of aryl methyl sites for hydroxylation is 1. The number of carbonyl (C=O) groups excluding carboxylic acids is 1. The van der Waals surface area contributed by atoms with Gasteiger partial charge in [0.1, 0.15) is 0 Å². The molecule has 1 aliphatic rings. The van der Waals surface area contributed by atoms with Crippen LogP contribution in [0.1, 0.15) is 29.9 Å². The molecule has 1 atom stereocenters. The first-order valence-electron chi connectivity index (χ1n) is 12.3. The van der Waals surface area contributed by atoms with E-state index in [1.54, 1.807) is 0 Å². The lowest BCUT2D eigenvalue weighted by atomic mass is 9.97. The normalized spacial score (nSPS) is 16.1. The quantitative estimate of drug-likeness (QED) is 0.292. The van der Waals surface area contributed by atoms with Crippen LogP contribution >= 0.6 is 11.8 Å². The van der Waals surface area contributed by atoms with E-state index in [4.69, 9.17) is 4.52 Å². The van der Waals surface area contributed by atoms with Gasteiger partial charge in [0.25, 0.3) is 0 Å². The maximum atomic E-state index is 13.0. The number of likely N-dealkylation sites (tertiary alicyclic amines) is 1. The van der Waals surface area contributed by atoms with Crippen LogP contribution in [0.15, 0.2) is 88.3 Å². The van der Waals surface area contributed by atoms with E-state index in [1.165, 1.54) is 16.0 Å². The molecule has 1 aliphatic heterocycles. The number of nitrogens with one attached hydrogen (secondary N) is 1. The SMILES string of the molecule is Cc1ccc(-c2noc(CN3CCCC(C(=O)Nc4ccc(CSc5ccccc5)cc4)C3)n2)cc1. The van der Waals surface area contributed by atoms with Crippen molar-refractivity contribution in [3.63, 3.8) is 0 Å². The summed E-state index contributed by atoms with van der Waals surface area (Å²) in [5.41, 5.74) is 4.20. The number of amides is 1. The van der Waals surface area contributed by atoms with Crippen molar-refractivity contribution >= 4 is 23.4 Å². The van der Waals surface area contributed by atoms with Crippen LogP contribution in [0.4, 0.5) is 5.69 Å². The molecule has 0 radical (unpaired) electrons. The molecule has 1 amide bonds. The van der Waals surface area contributed by atoms with Gasteiger partial charge in [-0.3, -0.25) is 9.69 Å². The Balaban J connectivity index is 1.12. The molecule has 0 saturated carbocycles. The van der Waals surface area contributed by atoms with Crippen LogP contribution in [0.5, 0.6) is 0 Å². The van der Waals surface area contributed by atoms with Crippen LogP contribution < -0.4 is 5.32 Å². The first-order chi connectivity index (χ1) is 17.6. The fourth-order valence-electron chi connectivity index (χ4n) is 4.36. The predicted octanol–water partition coefficient (Wildman–Crippen LogP) is 6.19. The molecular weight excluding hydrogens is 468 g/mol. The fraction of sp³-hybridized carbons (Fsp3) is 0.276. The highest BCUT2D eigenvalue weighted by Crippen LogP contribution is 2.25. The smallest absolute Gasteiger partial charge is 0.241 e. The number of hydrogen-bond donors (Lipinski definition) is 1. The zero-order chi connectivity index (χ0) is 24.7. The summed E-state index contributed by atoms with van der Waals surface area (Å²) in [6.45, 7) is 4.20. The topological polar surface area (TPSA) is 71.3 Å². The summed E-state index contributed by atoms with van der Waals surface area (Å²) >= 11 is 1.81. The minimum absolute atomic E-state index is 0.0634. The number of hydrogen-bond acceptors (Lipinski definition) is 6. The number of thioether (sulfide) groups is 1. The van der Waals surface area contributed by atoms with Gasteiger partial charge >= 0.3 is 0 Å². The molecule has 2 heterocycles. The van der Waals surface area contributed by atoms with E-state index in [9.17, 15) is 4.79 Å². The van der Waals surface area contributed by atoms with Crippen molar-refractivity contribution < 1.29 is 9.32 Å². The number of aromatic nitrogens is 2. The maximum Gasteiger partial charge on any atom is 0.241 e. The van der Waals surface area contributed by atoms with Crippen LogP contribution in [0, 0.1) is 12.8 Å². The lowest BCUT2D eigenvalue weighted by Crippen LogP contribution is -2.40. The summed E-state index contributed by atoms with van der Waals surface area (Å²) in [4.78, 5) is 21.0. The lowest BCUT2D eigenvalue weighted by molar-refractivity contribution is -0.121. The first-order valence-corrected chi connectivity index (χ1v) is 13.3. The van der Waals surface area contributed by atoms with Crippen molar-refractivity contribution in [2.75, 3.05) is 18.4 Å². The summed E-state index contributed by atoms with van der Waals surface area (Å²) in [6, 6.07) is 26.6. The summed E-state index contributed by atoms with van der Waals surface area (Å²) in [7, 11) is 0. The number of carbonyl (C=O) groups is 1. The number of piperidine rings is 1. The van der Waals surface area contributed by atoms with E-state index in [2.05, 4.69) is 63.7 Å². The average molecular weight is 499 g/mol. The number of rotatable bonds is 8. The second-order valence-electron chi connectivity index (χ2n) is 9.24. The minimum Gasteiger partial charge on any atom is -0.338 e. The van der Waals surface area contributed by atoms with E-state index in [0.717, 1.165) is 36.4 Å². The average Bonchev–Trinajstić information content (AvgIpc) is 3.38. The molecule has 1 saturated heterocycles.